The van der Waals surface area contributed by atoms with Gasteiger partial charge in [-0.15, -0.1) is 0 Å². The zero-order chi connectivity index (χ0) is 15.0. The Hall–Kier alpha value is -1.30. The Balaban J connectivity index is 2.48. The van der Waals surface area contributed by atoms with Crippen molar-refractivity contribution in [3.63, 3.8) is 0 Å². The van der Waals surface area contributed by atoms with Crippen molar-refractivity contribution in [3.05, 3.63) is 0 Å². The highest BCUT2D eigenvalue weighted by Crippen LogP contribution is 2.10. The standard InChI is InChI=1S/C14H28N4O2/c1-4-13(20)18-7-6-12(9-18)17-14(15-5-2)16-8-11(3)10-19/h11-12,19H,4-10H2,1-3H3,(H2,15,16,17). The zero-order valence-corrected chi connectivity index (χ0v) is 12.9. The van der Waals surface area contributed by atoms with Crippen LogP contribution in [0.2, 0.25) is 0 Å². The van der Waals surface area contributed by atoms with Crippen LogP contribution >= 0.6 is 0 Å². The summed E-state index contributed by atoms with van der Waals surface area (Å²) in [5, 5.41) is 15.6. The lowest BCUT2D eigenvalue weighted by Crippen LogP contribution is -2.45. The fraction of sp³-hybridized carbons (Fsp3) is 0.857. The van der Waals surface area contributed by atoms with Crippen LogP contribution in [0.1, 0.15) is 33.6 Å². The molecule has 0 aromatic heterocycles. The Labute approximate surface area is 121 Å². The maximum atomic E-state index is 11.6. The van der Waals surface area contributed by atoms with Crippen LogP contribution in [0.3, 0.4) is 0 Å². The van der Waals surface area contributed by atoms with Crippen molar-refractivity contribution in [1.29, 1.82) is 0 Å². The molecule has 0 bridgehead atoms. The summed E-state index contributed by atoms with van der Waals surface area (Å²) in [7, 11) is 0. The lowest BCUT2D eigenvalue weighted by molar-refractivity contribution is -0.129. The topological polar surface area (TPSA) is 77.0 Å². The molecule has 0 aliphatic carbocycles. The molecule has 0 radical (unpaired) electrons. The monoisotopic (exact) mass is 284 g/mol. The number of aliphatic imine (C=N–C) groups is 1. The largest absolute Gasteiger partial charge is 0.396 e. The lowest BCUT2D eigenvalue weighted by Gasteiger charge is -2.19. The first-order valence-electron chi connectivity index (χ1n) is 7.54. The van der Waals surface area contributed by atoms with Gasteiger partial charge in [0.25, 0.3) is 0 Å². The Morgan fingerprint density at radius 2 is 2.25 bits per heavy atom. The van der Waals surface area contributed by atoms with E-state index in [9.17, 15) is 4.79 Å². The third kappa shape index (κ3) is 5.36. The number of hydrogen-bond acceptors (Lipinski definition) is 3. The van der Waals surface area contributed by atoms with Gasteiger partial charge in [-0.25, -0.2) is 0 Å². The van der Waals surface area contributed by atoms with E-state index < -0.39 is 0 Å². The van der Waals surface area contributed by atoms with Crippen molar-refractivity contribution in [2.45, 2.75) is 39.7 Å². The van der Waals surface area contributed by atoms with Crippen LogP contribution in [-0.4, -0.2) is 60.7 Å². The molecule has 0 aromatic rings. The van der Waals surface area contributed by atoms with Gasteiger partial charge >= 0.3 is 0 Å². The van der Waals surface area contributed by atoms with Gasteiger partial charge < -0.3 is 20.6 Å². The number of guanidine groups is 1. The molecule has 2 atom stereocenters. The number of nitrogens with one attached hydrogen (secondary N) is 2. The second-order valence-corrected chi connectivity index (χ2v) is 5.33. The van der Waals surface area contributed by atoms with Crippen molar-refractivity contribution in [1.82, 2.24) is 15.5 Å². The molecule has 116 valence electrons. The van der Waals surface area contributed by atoms with E-state index >= 15 is 0 Å². The van der Waals surface area contributed by atoms with Crippen molar-refractivity contribution in [3.8, 4) is 0 Å². The summed E-state index contributed by atoms with van der Waals surface area (Å²) in [5.41, 5.74) is 0. The van der Waals surface area contributed by atoms with Crippen LogP contribution in [-0.2, 0) is 4.79 Å². The summed E-state index contributed by atoms with van der Waals surface area (Å²) in [4.78, 5) is 18.0. The summed E-state index contributed by atoms with van der Waals surface area (Å²) < 4.78 is 0. The molecule has 1 aliphatic heterocycles. The van der Waals surface area contributed by atoms with E-state index in [1.165, 1.54) is 0 Å². The van der Waals surface area contributed by atoms with Gasteiger partial charge in [0.2, 0.25) is 5.91 Å². The van der Waals surface area contributed by atoms with Crippen LogP contribution < -0.4 is 10.6 Å². The number of rotatable bonds is 6. The SMILES string of the molecule is CCNC(=NCC(C)CO)NC1CCN(C(=O)CC)C1. The average molecular weight is 284 g/mol. The molecule has 3 N–H and O–H groups in total. The van der Waals surface area contributed by atoms with E-state index in [1.807, 2.05) is 25.7 Å². The number of nitrogens with zero attached hydrogens (tertiary/aromatic N) is 2. The predicted octanol–water partition coefficient (Wildman–Crippen LogP) is 0.181. The van der Waals surface area contributed by atoms with Gasteiger partial charge in [0.05, 0.1) is 0 Å². The first-order valence-corrected chi connectivity index (χ1v) is 7.54. The Kier molecular flexibility index (Phi) is 7.36. The third-order valence-corrected chi connectivity index (χ3v) is 3.40. The first-order chi connectivity index (χ1) is 9.60. The number of carbonyl (C=O) groups is 1. The molecular weight excluding hydrogens is 256 g/mol. The van der Waals surface area contributed by atoms with Crippen molar-refractivity contribution in [2.24, 2.45) is 10.9 Å². The minimum atomic E-state index is 0.144. The summed E-state index contributed by atoms with van der Waals surface area (Å²) in [5.74, 6) is 1.14. The highest BCUT2D eigenvalue weighted by Gasteiger charge is 2.25. The molecule has 1 heterocycles. The van der Waals surface area contributed by atoms with Crippen LogP contribution in [0.5, 0.6) is 0 Å². The predicted molar refractivity (Wildman–Crippen MR) is 80.6 cm³/mol. The maximum Gasteiger partial charge on any atom is 0.222 e. The van der Waals surface area contributed by atoms with Crippen molar-refractivity contribution >= 4 is 11.9 Å². The van der Waals surface area contributed by atoms with E-state index in [2.05, 4.69) is 15.6 Å². The zero-order valence-electron chi connectivity index (χ0n) is 12.9. The molecule has 20 heavy (non-hydrogen) atoms. The van der Waals surface area contributed by atoms with Gasteiger partial charge in [0.15, 0.2) is 5.96 Å². The van der Waals surface area contributed by atoms with Gasteiger partial charge in [-0.2, -0.15) is 0 Å². The molecule has 0 spiro atoms. The van der Waals surface area contributed by atoms with Gasteiger partial charge in [-0.1, -0.05) is 13.8 Å². The molecule has 0 aromatic carbocycles. The third-order valence-electron chi connectivity index (χ3n) is 3.40. The molecule has 1 rings (SSSR count). The van der Waals surface area contributed by atoms with E-state index in [0.29, 0.717) is 13.0 Å². The van der Waals surface area contributed by atoms with Crippen LogP contribution in [0.4, 0.5) is 0 Å². The molecular formula is C14H28N4O2. The Morgan fingerprint density at radius 3 is 2.85 bits per heavy atom. The highest BCUT2D eigenvalue weighted by molar-refractivity contribution is 5.80. The van der Waals surface area contributed by atoms with Crippen LogP contribution in [0.25, 0.3) is 0 Å². The number of likely N-dealkylation sites (tertiary alicyclic amines) is 1. The number of aliphatic hydroxyl groups excluding tert-OH is 1. The Morgan fingerprint density at radius 1 is 1.50 bits per heavy atom. The molecule has 1 aliphatic rings. The number of carbonyl (C=O) groups excluding carboxylic acids is 1. The quantitative estimate of drug-likeness (QED) is 0.480. The number of amides is 1. The molecule has 1 saturated heterocycles. The molecule has 2 unspecified atom stereocenters. The van der Waals surface area contributed by atoms with Crippen LogP contribution in [0, 0.1) is 5.92 Å². The molecule has 6 heteroatoms. The van der Waals surface area contributed by atoms with Gasteiger partial charge in [0, 0.05) is 45.2 Å². The van der Waals surface area contributed by atoms with E-state index in [0.717, 1.165) is 32.0 Å². The molecule has 1 amide bonds. The second-order valence-electron chi connectivity index (χ2n) is 5.33. The maximum absolute atomic E-state index is 11.6. The molecule has 6 nitrogen and oxygen atoms in total. The fourth-order valence-corrected chi connectivity index (χ4v) is 2.15. The first kappa shape index (κ1) is 16.8. The highest BCUT2D eigenvalue weighted by atomic mass is 16.3. The minimum Gasteiger partial charge on any atom is -0.396 e. The number of hydrogen-bond donors (Lipinski definition) is 3. The van der Waals surface area contributed by atoms with Gasteiger partial charge in [-0.05, 0) is 19.3 Å². The summed E-state index contributed by atoms with van der Waals surface area (Å²) >= 11 is 0. The summed E-state index contributed by atoms with van der Waals surface area (Å²) in [6, 6.07) is 0.257. The smallest absolute Gasteiger partial charge is 0.222 e. The van der Waals surface area contributed by atoms with Gasteiger partial charge in [-0.3, -0.25) is 9.79 Å². The summed E-state index contributed by atoms with van der Waals surface area (Å²) in [6.07, 6.45) is 1.51. The van der Waals surface area contributed by atoms with E-state index in [-0.39, 0.29) is 24.5 Å². The van der Waals surface area contributed by atoms with Crippen molar-refractivity contribution < 1.29 is 9.90 Å². The second kappa shape index (κ2) is 8.79. The minimum absolute atomic E-state index is 0.144. The summed E-state index contributed by atoms with van der Waals surface area (Å²) in [6.45, 7) is 8.97. The fourth-order valence-electron chi connectivity index (χ4n) is 2.15. The Bertz CT molecular complexity index is 333. The van der Waals surface area contributed by atoms with Crippen LogP contribution in [0.15, 0.2) is 4.99 Å². The number of aliphatic hydroxyl groups is 1. The van der Waals surface area contributed by atoms with E-state index in [4.69, 9.17) is 5.11 Å². The van der Waals surface area contributed by atoms with Crippen molar-refractivity contribution in [2.75, 3.05) is 32.8 Å². The van der Waals surface area contributed by atoms with Gasteiger partial charge in [0.1, 0.15) is 0 Å². The lowest BCUT2D eigenvalue weighted by atomic mass is 10.2. The normalized spacial score (nSPS) is 20.9. The molecule has 1 fully saturated rings. The van der Waals surface area contributed by atoms with E-state index in [1.54, 1.807) is 0 Å². The average Bonchev–Trinajstić information content (AvgIpc) is 2.92. The molecule has 0 saturated carbocycles.